The van der Waals surface area contributed by atoms with Gasteiger partial charge in [0.05, 0.1) is 24.4 Å². The highest BCUT2D eigenvalue weighted by Crippen LogP contribution is 1.99. The third kappa shape index (κ3) is 3.83. The Balaban J connectivity index is 2.33. The van der Waals surface area contributed by atoms with E-state index in [-0.39, 0.29) is 6.54 Å². The summed E-state index contributed by atoms with van der Waals surface area (Å²) in [6.45, 7) is -0.438. The predicted octanol–water partition coefficient (Wildman–Crippen LogP) is -0.612. The van der Waals surface area contributed by atoms with E-state index in [9.17, 15) is 9.59 Å². The molecule has 0 aliphatic rings. The number of nitrogens with one attached hydrogen (secondary N) is 2. The number of urea groups is 1. The zero-order valence-corrected chi connectivity index (χ0v) is 9.03. The van der Waals surface area contributed by atoms with Crippen molar-refractivity contribution in [3.8, 4) is 0 Å². The Kier molecular flexibility index (Phi) is 4.67. The Labute approximate surface area is 95.1 Å². The molecule has 1 atom stereocenters. The number of carboxylic acids is 1. The Morgan fingerprint density at radius 1 is 1.56 bits per heavy atom. The molecule has 0 saturated carbocycles. The van der Waals surface area contributed by atoms with Gasteiger partial charge in [-0.25, -0.2) is 14.6 Å². The topological polar surface area (TPSA) is 112 Å². The van der Waals surface area contributed by atoms with Gasteiger partial charge in [-0.2, -0.15) is 0 Å². The maximum Gasteiger partial charge on any atom is 0.328 e. The van der Waals surface area contributed by atoms with Crippen LogP contribution in [0.2, 0.25) is 0 Å². The van der Waals surface area contributed by atoms with Crippen LogP contribution in [0.5, 0.6) is 0 Å². The predicted molar refractivity (Wildman–Crippen MR) is 56.0 cm³/mol. The van der Waals surface area contributed by atoms with E-state index in [1.807, 2.05) is 0 Å². The number of amides is 2. The third-order valence-corrected chi connectivity index (χ3v) is 2.33. The fourth-order valence-corrected chi connectivity index (χ4v) is 1.45. The number of aliphatic hydroxyl groups is 1. The number of hydrogen-bond donors (Lipinski definition) is 4. The van der Waals surface area contributed by atoms with Gasteiger partial charge in [0.1, 0.15) is 0 Å². The quantitative estimate of drug-likeness (QED) is 0.553. The van der Waals surface area contributed by atoms with Crippen molar-refractivity contribution < 1.29 is 19.8 Å². The smallest absolute Gasteiger partial charge is 0.328 e. The number of aliphatic hydroxyl groups excluding tert-OH is 1. The molecule has 4 N–H and O–H groups in total. The van der Waals surface area contributed by atoms with Crippen LogP contribution in [0.15, 0.2) is 10.9 Å². The number of nitrogens with zero attached hydrogens (tertiary/aromatic N) is 1. The maximum absolute atomic E-state index is 11.2. The minimum absolute atomic E-state index is 0.215. The van der Waals surface area contributed by atoms with Gasteiger partial charge in [0.25, 0.3) is 0 Å². The zero-order chi connectivity index (χ0) is 12.0. The second-order valence-corrected chi connectivity index (χ2v) is 3.60. The van der Waals surface area contributed by atoms with Crippen molar-refractivity contribution >= 4 is 23.3 Å². The fraction of sp³-hybridized carbons (Fsp3) is 0.375. The zero-order valence-electron chi connectivity index (χ0n) is 8.21. The molecule has 7 nitrogen and oxygen atoms in total. The van der Waals surface area contributed by atoms with Crippen LogP contribution in [-0.2, 0) is 11.3 Å². The summed E-state index contributed by atoms with van der Waals surface area (Å²) in [7, 11) is 0. The number of thiazole rings is 1. The van der Waals surface area contributed by atoms with E-state index in [1.54, 1.807) is 10.9 Å². The average Bonchev–Trinajstić information content (AvgIpc) is 2.75. The van der Waals surface area contributed by atoms with Crippen LogP contribution < -0.4 is 10.6 Å². The lowest BCUT2D eigenvalue weighted by molar-refractivity contribution is -0.140. The van der Waals surface area contributed by atoms with Crippen molar-refractivity contribution in [2.45, 2.75) is 12.6 Å². The Bertz CT molecular complexity index is 354. The largest absolute Gasteiger partial charge is 0.480 e. The Hall–Kier alpha value is -1.67. The number of rotatable bonds is 5. The first-order chi connectivity index (χ1) is 7.63. The van der Waals surface area contributed by atoms with Gasteiger partial charge in [-0.05, 0) is 0 Å². The third-order valence-electron chi connectivity index (χ3n) is 1.70. The highest BCUT2D eigenvalue weighted by molar-refractivity contribution is 7.07. The lowest BCUT2D eigenvalue weighted by atomic mass is 10.3. The molecule has 0 radical (unpaired) electrons. The van der Waals surface area contributed by atoms with Crippen molar-refractivity contribution in [3.05, 3.63) is 16.6 Å². The Morgan fingerprint density at radius 2 is 2.31 bits per heavy atom. The lowest BCUT2D eigenvalue weighted by Crippen LogP contribution is -2.47. The SMILES string of the molecule is O=C(NCc1cscn1)N[C@H](CO)C(=O)O. The van der Waals surface area contributed by atoms with Crippen molar-refractivity contribution in [3.63, 3.8) is 0 Å². The maximum atomic E-state index is 11.2. The number of carbonyl (C=O) groups is 2. The van der Waals surface area contributed by atoms with E-state index in [0.29, 0.717) is 5.69 Å². The van der Waals surface area contributed by atoms with Crippen molar-refractivity contribution in [1.82, 2.24) is 15.6 Å². The van der Waals surface area contributed by atoms with Crippen LogP contribution in [0.4, 0.5) is 4.79 Å². The van der Waals surface area contributed by atoms with Gasteiger partial charge in [0.15, 0.2) is 6.04 Å². The monoisotopic (exact) mass is 245 g/mol. The van der Waals surface area contributed by atoms with E-state index < -0.39 is 24.6 Å². The van der Waals surface area contributed by atoms with Gasteiger partial charge in [-0.3, -0.25) is 0 Å². The summed E-state index contributed by atoms with van der Waals surface area (Å²) < 4.78 is 0. The van der Waals surface area contributed by atoms with Crippen molar-refractivity contribution in [1.29, 1.82) is 0 Å². The summed E-state index contributed by atoms with van der Waals surface area (Å²) >= 11 is 1.40. The van der Waals surface area contributed by atoms with E-state index >= 15 is 0 Å². The highest BCUT2D eigenvalue weighted by atomic mass is 32.1. The van der Waals surface area contributed by atoms with Crippen LogP contribution in [0, 0.1) is 0 Å². The van der Waals surface area contributed by atoms with Gasteiger partial charge in [-0.15, -0.1) is 11.3 Å². The second kappa shape index (κ2) is 6.03. The van der Waals surface area contributed by atoms with Crippen LogP contribution in [-0.4, -0.2) is 39.8 Å². The van der Waals surface area contributed by atoms with E-state index in [0.717, 1.165) is 0 Å². The molecule has 1 heterocycles. The minimum atomic E-state index is -1.30. The molecule has 1 aromatic rings. The minimum Gasteiger partial charge on any atom is -0.480 e. The van der Waals surface area contributed by atoms with Gasteiger partial charge < -0.3 is 20.8 Å². The number of carbonyl (C=O) groups excluding carboxylic acids is 1. The number of aliphatic carboxylic acids is 1. The number of aromatic nitrogens is 1. The normalized spacial score (nSPS) is 11.8. The molecule has 16 heavy (non-hydrogen) atoms. The molecule has 0 bridgehead atoms. The van der Waals surface area contributed by atoms with Crippen LogP contribution in [0.3, 0.4) is 0 Å². The molecule has 0 fully saturated rings. The molecule has 88 valence electrons. The standard InChI is InChI=1S/C8H11N3O4S/c12-2-6(7(13)14)11-8(15)9-1-5-3-16-4-10-5/h3-4,6,12H,1-2H2,(H,13,14)(H2,9,11,15)/t6-/m1/s1. The molecular weight excluding hydrogens is 234 g/mol. The molecule has 0 aromatic carbocycles. The first kappa shape index (κ1) is 12.4. The van der Waals surface area contributed by atoms with Crippen molar-refractivity contribution in [2.24, 2.45) is 0 Å². The fourth-order valence-electron chi connectivity index (χ4n) is 0.890. The van der Waals surface area contributed by atoms with E-state index in [1.165, 1.54) is 11.3 Å². The highest BCUT2D eigenvalue weighted by Gasteiger charge is 2.18. The molecule has 0 aliphatic carbocycles. The molecule has 0 saturated heterocycles. The summed E-state index contributed by atoms with van der Waals surface area (Å²) in [5.41, 5.74) is 2.32. The first-order valence-electron chi connectivity index (χ1n) is 4.38. The molecule has 1 aromatic heterocycles. The van der Waals surface area contributed by atoms with Gasteiger partial charge in [0, 0.05) is 5.38 Å². The molecule has 8 heteroatoms. The summed E-state index contributed by atoms with van der Waals surface area (Å²) in [5, 5.41) is 23.5. The van der Waals surface area contributed by atoms with E-state index in [4.69, 9.17) is 10.2 Å². The van der Waals surface area contributed by atoms with Gasteiger partial charge in [0.2, 0.25) is 0 Å². The number of hydrogen-bond acceptors (Lipinski definition) is 5. The van der Waals surface area contributed by atoms with Crippen LogP contribution in [0.25, 0.3) is 0 Å². The molecule has 0 aliphatic heterocycles. The number of carboxylic acid groups (broad SMARTS) is 1. The Morgan fingerprint density at radius 3 is 2.81 bits per heavy atom. The molecule has 0 spiro atoms. The van der Waals surface area contributed by atoms with Gasteiger partial charge in [-0.1, -0.05) is 0 Å². The summed E-state index contributed by atoms with van der Waals surface area (Å²) in [4.78, 5) is 25.6. The summed E-state index contributed by atoms with van der Waals surface area (Å²) in [6, 6.07) is -1.95. The van der Waals surface area contributed by atoms with Crippen LogP contribution in [0.1, 0.15) is 5.69 Å². The average molecular weight is 245 g/mol. The first-order valence-corrected chi connectivity index (χ1v) is 5.33. The van der Waals surface area contributed by atoms with Gasteiger partial charge >= 0.3 is 12.0 Å². The lowest BCUT2D eigenvalue weighted by Gasteiger charge is -2.11. The second-order valence-electron chi connectivity index (χ2n) is 2.88. The van der Waals surface area contributed by atoms with Crippen molar-refractivity contribution in [2.75, 3.05) is 6.61 Å². The summed E-state index contributed by atoms with van der Waals surface area (Å²) in [5.74, 6) is -1.29. The van der Waals surface area contributed by atoms with Crippen LogP contribution >= 0.6 is 11.3 Å². The molecule has 0 unspecified atom stereocenters. The molecular formula is C8H11N3O4S. The molecule has 1 rings (SSSR count). The molecule has 2 amide bonds. The summed E-state index contributed by atoms with van der Waals surface area (Å²) in [6.07, 6.45) is 0. The van der Waals surface area contributed by atoms with E-state index in [2.05, 4.69) is 15.6 Å².